The highest BCUT2D eigenvalue weighted by atomic mass is 16.2. The maximum Gasteiger partial charge on any atom is 0.269 e. The lowest BCUT2D eigenvalue weighted by molar-refractivity contribution is 0.0933. The van der Waals surface area contributed by atoms with Crippen molar-refractivity contribution in [2.45, 2.75) is 38.0 Å². The molecule has 2 aromatic rings. The summed E-state index contributed by atoms with van der Waals surface area (Å²) in [4.78, 5) is 12.4. The van der Waals surface area contributed by atoms with Gasteiger partial charge >= 0.3 is 0 Å². The first-order valence-corrected chi connectivity index (χ1v) is 7.95. The maximum atomic E-state index is 12.4. The monoisotopic (exact) mass is 297 g/mol. The van der Waals surface area contributed by atoms with Gasteiger partial charge in [-0.2, -0.15) is 5.10 Å². The standard InChI is InChI=1S/C18H23N3O/c1-14-12-16(21(2)20-14)17(22)19-13-18(10-6-7-11-18)15-8-4-3-5-9-15/h3-5,8-9,12H,6-7,10-11,13H2,1-2H3,(H,19,22). The lowest BCUT2D eigenvalue weighted by Gasteiger charge is -2.30. The summed E-state index contributed by atoms with van der Waals surface area (Å²) < 4.78 is 1.65. The Morgan fingerprint density at radius 2 is 1.95 bits per heavy atom. The van der Waals surface area contributed by atoms with Gasteiger partial charge in [-0.3, -0.25) is 9.48 Å². The molecule has 0 bridgehead atoms. The predicted octanol–water partition coefficient (Wildman–Crippen LogP) is 2.97. The zero-order chi connectivity index (χ0) is 15.6. The fraction of sp³-hybridized carbons (Fsp3) is 0.444. The molecule has 0 aliphatic heterocycles. The second kappa shape index (κ2) is 5.95. The molecule has 4 nitrogen and oxygen atoms in total. The normalized spacial score (nSPS) is 16.6. The molecule has 1 aliphatic rings. The van der Waals surface area contributed by atoms with Crippen LogP contribution in [0.2, 0.25) is 0 Å². The van der Waals surface area contributed by atoms with Crippen LogP contribution in [0.15, 0.2) is 36.4 Å². The number of amides is 1. The molecule has 0 unspecified atom stereocenters. The molecule has 1 aromatic heterocycles. The van der Waals surface area contributed by atoms with Gasteiger partial charge in [-0.1, -0.05) is 43.2 Å². The van der Waals surface area contributed by atoms with Gasteiger partial charge in [0.25, 0.3) is 5.91 Å². The lowest BCUT2D eigenvalue weighted by Crippen LogP contribution is -2.39. The Kier molecular flexibility index (Phi) is 4.01. The van der Waals surface area contributed by atoms with E-state index in [9.17, 15) is 4.79 Å². The van der Waals surface area contributed by atoms with Crippen molar-refractivity contribution in [3.63, 3.8) is 0 Å². The molecule has 1 aliphatic carbocycles. The molecule has 0 radical (unpaired) electrons. The average Bonchev–Trinajstić information content (AvgIpc) is 3.13. The molecule has 1 fully saturated rings. The Labute approximate surface area is 131 Å². The zero-order valence-electron chi connectivity index (χ0n) is 13.3. The Morgan fingerprint density at radius 3 is 2.55 bits per heavy atom. The molecule has 22 heavy (non-hydrogen) atoms. The van der Waals surface area contributed by atoms with Crippen LogP contribution in [0.4, 0.5) is 0 Å². The van der Waals surface area contributed by atoms with Crippen LogP contribution >= 0.6 is 0 Å². The molecule has 1 amide bonds. The summed E-state index contributed by atoms with van der Waals surface area (Å²) in [5, 5.41) is 7.38. The third-order valence-electron chi connectivity index (χ3n) is 4.77. The minimum Gasteiger partial charge on any atom is -0.350 e. The number of hydrogen-bond acceptors (Lipinski definition) is 2. The topological polar surface area (TPSA) is 46.9 Å². The van der Waals surface area contributed by atoms with Crippen molar-refractivity contribution in [2.75, 3.05) is 6.54 Å². The van der Waals surface area contributed by atoms with E-state index in [0.29, 0.717) is 12.2 Å². The zero-order valence-corrected chi connectivity index (χ0v) is 13.3. The molecule has 1 aromatic carbocycles. The Hall–Kier alpha value is -2.10. The van der Waals surface area contributed by atoms with Crippen LogP contribution in [0.25, 0.3) is 0 Å². The average molecular weight is 297 g/mol. The maximum absolute atomic E-state index is 12.4. The lowest BCUT2D eigenvalue weighted by atomic mass is 9.79. The molecular weight excluding hydrogens is 274 g/mol. The third kappa shape index (κ3) is 2.78. The van der Waals surface area contributed by atoms with E-state index in [4.69, 9.17) is 0 Å². The summed E-state index contributed by atoms with van der Waals surface area (Å²) in [6, 6.07) is 12.4. The molecular formula is C18H23N3O. The highest BCUT2D eigenvalue weighted by molar-refractivity contribution is 5.92. The summed E-state index contributed by atoms with van der Waals surface area (Å²) in [5.41, 5.74) is 2.92. The van der Waals surface area contributed by atoms with Crippen molar-refractivity contribution in [3.8, 4) is 0 Å². The fourth-order valence-electron chi connectivity index (χ4n) is 3.57. The van der Waals surface area contributed by atoms with Crippen LogP contribution in [0.1, 0.15) is 47.4 Å². The Balaban J connectivity index is 1.76. The molecule has 1 heterocycles. The summed E-state index contributed by atoms with van der Waals surface area (Å²) in [6.45, 7) is 2.60. The minimum absolute atomic E-state index is 0.0368. The smallest absolute Gasteiger partial charge is 0.269 e. The molecule has 116 valence electrons. The molecule has 0 saturated heterocycles. The van der Waals surface area contributed by atoms with Crippen LogP contribution in [0, 0.1) is 6.92 Å². The van der Waals surface area contributed by atoms with Crippen molar-refractivity contribution < 1.29 is 4.79 Å². The SMILES string of the molecule is Cc1cc(C(=O)NCC2(c3ccccc3)CCCC2)n(C)n1. The quantitative estimate of drug-likeness (QED) is 0.943. The highest BCUT2D eigenvalue weighted by Gasteiger charge is 2.35. The summed E-state index contributed by atoms with van der Waals surface area (Å²) in [7, 11) is 1.81. The number of aryl methyl sites for hydroxylation is 2. The third-order valence-corrected chi connectivity index (χ3v) is 4.77. The van der Waals surface area contributed by atoms with E-state index >= 15 is 0 Å². The summed E-state index contributed by atoms with van der Waals surface area (Å²) in [6.07, 6.45) is 4.74. The Morgan fingerprint density at radius 1 is 1.27 bits per heavy atom. The first-order chi connectivity index (χ1) is 10.6. The Bertz CT molecular complexity index is 654. The highest BCUT2D eigenvalue weighted by Crippen LogP contribution is 2.40. The van der Waals surface area contributed by atoms with Crippen LogP contribution in [-0.2, 0) is 12.5 Å². The van der Waals surface area contributed by atoms with Gasteiger partial charge in [-0.15, -0.1) is 0 Å². The second-order valence-electron chi connectivity index (χ2n) is 6.33. The largest absolute Gasteiger partial charge is 0.350 e. The first-order valence-electron chi connectivity index (χ1n) is 7.95. The molecule has 1 saturated carbocycles. The van der Waals surface area contributed by atoms with Crippen molar-refractivity contribution in [3.05, 3.63) is 53.3 Å². The van der Waals surface area contributed by atoms with Gasteiger partial charge in [-0.05, 0) is 31.4 Å². The van der Waals surface area contributed by atoms with Crippen LogP contribution in [0.5, 0.6) is 0 Å². The van der Waals surface area contributed by atoms with Gasteiger partial charge < -0.3 is 5.32 Å². The van der Waals surface area contributed by atoms with Crippen molar-refractivity contribution in [2.24, 2.45) is 7.05 Å². The van der Waals surface area contributed by atoms with E-state index in [0.717, 1.165) is 18.5 Å². The van der Waals surface area contributed by atoms with Gasteiger partial charge in [0.1, 0.15) is 5.69 Å². The van der Waals surface area contributed by atoms with Crippen molar-refractivity contribution >= 4 is 5.91 Å². The van der Waals surface area contributed by atoms with E-state index in [-0.39, 0.29) is 11.3 Å². The van der Waals surface area contributed by atoms with Gasteiger partial charge in [-0.25, -0.2) is 0 Å². The molecule has 0 spiro atoms. The number of nitrogens with one attached hydrogen (secondary N) is 1. The number of carbonyl (C=O) groups is 1. The second-order valence-corrected chi connectivity index (χ2v) is 6.33. The first kappa shape index (κ1) is 14.8. The number of nitrogens with zero attached hydrogens (tertiary/aromatic N) is 2. The summed E-state index contributed by atoms with van der Waals surface area (Å²) >= 11 is 0. The molecule has 1 N–H and O–H groups in total. The predicted molar refractivity (Wildman–Crippen MR) is 86.9 cm³/mol. The van der Waals surface area contributed by atoms with Crippen LogP contribution in [-0.4, -0.2) is 22.2 Å². The summed E-state index contributed by atoms with van der Waals surface area (Å²) in [5.74, 6) is -0.0368. The number of carbonyl (C=O) groups excluding carboxylic acids is 1. The number of aromatic nitrogens is 2. The van der Waals surface area contributed by atoms with E-state index in [1.165, 1.54) is 18.4 Å². The van der Waals surface area contributed by atoms with E-state index in [1.807, 2.05) is 26.1 Å². The molecule has 3 rings (SSSR count). The number of hydrogen-bond donors (Lipinski definition) is 1. The van der Waals surface area contributed by atoms with Crippen LogP contribution in [0.3, 0.4) is 0 Å². The van der Waals surface area contributed by atoms with E-state index in [2.05, 4.69) is 34.7 Å². The number of benzene rings is 1. The fourth-order valence-corrected chi connectivity index (χ4v) is 3.57. The van der Waals surface area contributed by atoms with Gasteiger partial charge in [0.2, 0.25) is 0 Å². The van der Waals surface area contributed by atoms with Gasteiger partial charge in [0.05, 0.1) is 5.69 Å². The molecule has 0 atom stereocenters. The van der Waals surface area contributed by atoms with E-state index in [1.54, 1.807) is 4.68 Å². The van der Waals surface area contributed by atoms with Crippen LogP contribution < -0.4 is 5.32 Å². The van der Waals surface area contributed by atoms with E-state index < -0.39 is 0 Å². The van der Waals surface area contributed by atoms with Crippen molar-refractivity contribution in [1.29, 1.82) is 0 Å². The van der Waals surface area contributed by atoms with Gasteiger partial charge in [0, 0.05) is 19.0 Å². The van der Waals surface area contributed by atoms with Crippen molar-refractivity contribution in [1.82, 2.24) is 15.1 Å². The minimum atomic E-state index is -0.0368. The number of rotatable bonds is 4. The molecule has 4 heteroatoms. The van der Waals surface area contributed by atoms with Gasteiger partial charge in [0.15, 0.2) is 0 Å².